The molecule has 6 rings (SSSR count). The van der Waals surface area contributed by atoms with Gasteiger partial charge >= 0.3 is 0 Å². The highest BCUT2D eigenvalue weighted by atomic mass is 35.5. The highest BCUT2D eigenvalue weighted by molar-refractivity contribution is 6.30. The summed E-state index contributed by atoms with van der Waals surface area (Å²) in [5, 5.41) is 0.716. The topological polar surface area (TPSA) is 82.5 Å². The molecule has 3 aromatic heterocycles. The van der Waals surface area contributed by atoms with Gasteiger partial charge in [-0.15, -0.1) is 0 Å². The molecule has 1 atom stereocenters. The maximum Gasteiger partial charge on any atom is 0.216 e. The molecular weight excluding hydrogens is 502 g/mol. The molecule has 9 nitrogen and oxygen atoms in total. The molecule has 0 N–H and O–H groups in total. The molecule has 4 aromatic rings. The molecule has 0 amide bonds. The average Bonchev–Trinajstić information content (AvgIpc) is 3.24. The molecule has 0 unspecified atom stereocenters. The van der Waals surface area contributed by atoms with Crippen LogP contribution in [0.2, 0.25) is 5.02 Å². The molecule has 1 aromatic carbocycles. The number of ether oxygens (including phenoxy) is 2. The monoisotopic (exact) mass is 529 g/mol. The summed E-state index contributed by atoms with van der Waals surface area (Å²) in [6, 6.07) is 11.4. The summed E-state index contributed by atoms with van der Waals surface area (Å²) in [4.78, 5) is 24.4. The molecule has 0 saturated carbocycles. The van der Waals surface area contributed by atoms with Gasteiger partial charge in [0.2, 0.25) is 11.6 Å². The van der Waals surface area contributed by atoms with Crippen molar-refractivity contribution in [2.75, 3.05) is 19.7 Å². The lowest BCUT2D eigenvalue weighted by Gasteiger charge is -2.32. The second-order valence-corrected chi connectivity index (χ2v) is 10.2. The summed E-state index contributed by atoms with van der Waals surface area (Å²) >= 11 is 5.99. The number of hydrogen-bond donors (Lipinski definition) is 0. The van der Waals surface area contributed by atoms with Gasteiger partial charge in [0.15, 0.2) is 5.65 Å². The number of likely N-dealkylation sites (tertiary alicyclic amines) is 1. The summed E-state index contributed by atoms with van der Waals surface area (Å²) < 4.78 is 14.1. The van der Waals surface area contributed by atoms with Crippen molar-refractivity contribution in [1.82, 2.24) is 29.4 Å². The van der Waals surface area contributed by atoms with Gasteiger partial charge < -0.3 is 14.0 Å². The third kappa shape index (κ3) is 5.63. The number of nitrogens with zero attached hydrogens (tertiary/aromatic N) is 7. The number of fused-ring (bicyclic) bond motifs is 1. The second kappa shape index (κ2) is 11.0. The molecule has 0 radical (unpaired) electrons. The van der Waals surface area contributed by atoms with E-state index in [2.05, 4.69) is 29.3 Å². The molecule has 2 aliphatic heterocycles. The summed E-state index contributed by atoms with van der Waals surface area (Å²) in [5.74, 6) is 2.31. The van der Waals surface area contributed by atoms with Crippen LogP contribution in [-0.2, 0) is 24.2 Å². The van der Waals surface area contributed by atoms with Gasteiger partial charge in [-0.1, -0.05) is 23.7 Å². The summed E-state index contributed by atoms with van der Waals surface area (Å²) in [5.41, 5.74) is 3.20. The quantitative estimate of drug-likeness (QED) is 0.302. The number of halogens is 1. The molecule has 2 saturated heterocycles. The Balaban J connectivity index is 1.08. The summed E-state index contributed by atoms with van der Waals surface area (Å²) in [7, 11) is 0. The Kier molecular flexibility index (Phi) is 7.18. The van der Waals surface area contributed by atoms with Gasteiger partial charge in [-0.05, 0) is 43.0 Å². The van der Waals surface area contributed by atoms with Crippen LogP contribution in [0.15, 0.2) is 48.8 Å². The van der Waals surface area contributed by atoms with E-state index in [-0.39, 0.29) is 12.2 Å². The van der Waals surface area contributed by atoms with Crippen LogP contribution in [0.4, 0.5) is 5.69 Å². The average molecular weight is 530 g/mol. The Bertz CT molecular complexity index is 1450. The van der Waals surface area contributed by atoms with Gasteiger partial charge in [-0.25, -0.2) is 19.8 Å². The van der Waals surface area contributed by atoms with Crippen molar-refractivity contribution in [3.05, 3.63) is 82.4 Å². The van der Waals surface area contributed by atoms with E-state index in [1.54, 1.807) is 12.4 Å². The molecule has 0 aliphatic carbocycles. The van der Waals surface area contributed by atoms with Crippen molar-refractivity contribution < 1.29 is 9.47 Å². The van der Waals surface area contributed by atoms with Gasteiger partial charge in [0.05, 0.1) is 31.3 Å². The highest BCUT2D eigenvalue weighted by Gasteiger charge is 2.26. The van der Waals surface area contributed by atoms with E-state index in [9.17, 15) is 0 Å². The number of benzene rings is 1. The predicted octanol–water partition coefficient (Wildman–Crippen LogP) is 4.85. The van der Waals surface area contributed by atoms with E-state index in [1.165, 1.54) is 0 Å². The summed E-state index contributed by atoms with van der Waals surface area (Å²) in [6.07, 6.45) is 7.17. The van der Waals surface area contributed by atoms with Crippen LogP contribution in [0.5, 0.6) is 5.88 Å². The van der Waals surface area contributed by atoms with E-state index < -0.39 is 0 Å². The molecule has 10 heteroatoms. The Hall–Kier alpha value is -3.58. The van der Waals surface area contributed by atoms with Gasteiger partial charge in [-0.3, -0.25) is 4.90 Å². The van der Waals surface area contributed by atoms with Crippen molar-refractivity contribution in [2.24, 2.45) is 0 Å². The first-order valence-corrected chi connectivity index (χ1v) is 13.3. The van der Waals surface area contributed by atoms with E-state index in [4.69, 9.17) is 32.6 Å². The van der Waals surface area contributed by atoms with Crippen LogP contribution in [0, 0.1) is 6.57 Å². The maximum absolute atomic E-state index is 7.30. The number of rotatable bonds is 8. The number of aromatic nitrogens is 5. The zero-order valence-electron chi connectivity index (χ0n) is 21.0. The van der Waals surface area contributed by atoms with Crippen molar-refractivity contribution in [2.45, 2.75) is 51.0 Å². The third-order valence-corrected chi connectivity index (χ3v) is 7.35. The van der Waals surface area contributed by atoms with Gasteiger partial charge in [0.25, 0.3) is 0 Å². The van der Waals surface area contributed by atoms with Crippen LogP contribution < -0.4 is 4.74 Å². The third-order valence-electron chi connectivity index (χ3n) is 7.10. The van der Waals surface area contributed by atoms with Crippen LogP contribution >= 0.6 is 11.6 Å². The van der Waals surface area contributed by atoms with Crippen LogP contribution in [0.1, 0.15) is 36.5 Å². The molecule has 2 fully saturated rings. The van der Waals surface area contributed by atoms with Crippen molar-refractivity contribution >= 4 is 28.5 Å². The van der Waals surface area contributed by atoms with Crippen molar-refractivity contribution in [3.63, 3.8) is 0 Å². The predicted molar refractivity (Wildman–Crippen MR) is 143 cm³/mol. The first-order chi connectivity index (χ1) is 18.6. The molecule has 0 bridgehead atoms. The minimum absolute atomic E-state index is 0.106. The van der Waals surface area contributed by atoms with Gasteiger partial charge in [0, 0.05) is 49.6 Å². The van der Waals surface area contributed by atoms with Crippen LogP contribution in [-0.4, -0.2) is 61.3 Å². The molecule has 0 spiro atoms. The second-order valence-electron chi connectivity index (χ2n) is 9.78. The Morgan fingerprint density at radius 3 is 2.63 bits per heavy atom. The fraction of sp³-hybridized carbons (Fsp3) is 0.393. The Morgan fingerprint density at radius 1 is 1.08 bits per heavy atom. The van der Waals surface area contributed by atoms with Crippen LogP contribution in [0.3, 0.4) is 0 Å². The van der Waals surface area contributed by atoms with Crippen LogP contribution in [0.25, 0.3) is 16.0 Å². The first kappa shape index (κ1) is 24.7. The Labute approximate surface area is 226 Å². The number of imidazole rings is 1. The molecule has 38 heavy (non-hydrogen) atoms. The number of hydrogen-bond acceptors (Lipinski definition) is 7. The minimum atomic E-state index is 0.106. The number of piperidine rings is 1. The smallest absolute Gasteiger partial charge is 0.216 e. The van der Waals surface area contributed by atoms with E-state index in [0.29, 0.717) is 23.0 Å². The lowest BCUT2D eigenvalue weighted by molar-refractivity contribution is -0.0593. The van der Waals surface area contributed by atoms with Gasteiger partial charge in [-0.2, -0.15) is 4.98 Å². The van der Waals surface area contributed by atoms with Crippen molar-refractivity contribution in [3.8, 4) is 5.88 Å². The fourth-order valence-corrected chi connectivity index (χ4v) is 5.05. The largest absolute Gasteiger partial charge is 0.474 e. The van der Waals surface area contributed by atoms with E-state index >= 15 is 0 Å². The lowest BCUT2D eigenvalue weighted by atomic mass is 10.1. The molecule has 2 aliphatic rings. The highest BCUT2D eigenvalue weighted by Crippen LogP contribution is 2.25. The normalized spacial score (nSPS) is 18.3. The fourth-order valence-electron chi connectivity index (χ4n) is 4.93. The number of pyridine rings is 1. The lowest BCUT2D eigenvalue weighted by Crippen LogP contribution is -2.39. The minimum Gasteiger partial charge on any atom is -0.474 e. The SMILES string of the molecule is [C-]#[N+]c1cnc2c(c1)nc(CN1CCC(Oc3ccnc(Cc4ccc(Cl)cc4)n3)CC1)n2C[C@@H]1CCO1. The van der Waals surface area contributed by atoms with E-state index in [0.717, 1.165) is 80.4 Å². The zero-order chi connectivity index (χ0) is 25.9. The maximum atomic E-state index is 7.30. The van der Waals surface area contributed by atoms with Crippen molar-refractivity contribution in [1.29, 1.82) is 0 Å². The van der Waals surface area contributed by atoms with Gasteiger partial charge in [0.1, 0.15) is 17.8 Å². The standard InChI is InChI=1S/C28H28ClN7O2/c1-30-21-15-24-28(32-16-21)36(17-23-9-13-37-23)26(33-24)18-35-11-7-22(8-12-35)38-27-6-10-31-25(34-27)14-19-2-4-20(29)5-3-19/h2-6,10,15-16,22-23H,7-9,11-14,17-18H2/t23-/m0/s1. The Morgan fingerprint density at radius 2 is 1.89 bits per heavy atom. The summed E-state index contributed by atoms with van der Waals surface area (Å²) in [6.45, 7) is 11.4. The molecule has 5 heterocycles. The molecular formula is C28H28ClN7O2. The first-order valence-electron chi connectivity index (χ1n) is 12.9. The zero-order valence-corrected chi connectivity index (χ0v) is 21.7. The molecule has 194 valence electrons. The van der Waals surface area contributed by atoms with E-state index in [1.807, 2.05) is 36.4 Å².